The molecule has 0 spiro atoms. The number of nitrogens with zero attached hydrogens (tertiary/aromatic N) is 1. The van der Waals surface area contributed by atoms with Crippen LogP contribution < -0.4 is 18.9 Å². The Morgan fingerprint density at radius 2 is 1.80 bits per heavy atom. The maximum atomic E-state index is 13.0. The zero-order chi connectivity index (χ0) is 24.4. The number of ether oxygens (including phenoxy) is 4. The zero-order valence-electron chi connectivity index (χ0n) is 18.7. The maximum Gasteiger partial charge on any atom is 0.293 e. The maximum absolute atomic E-state index is 13.0. The second-order valence-electron chi connectivity index (χ2n) is 7.75. The molecule has 0 aromatic heterocycles. The van der Waals surface area contributed by atoms with Crippen molar-refractivity contribution in [3.05, 3.63) is 87.3 Å². The average Bonchev–Trinajstić information content (AvgIpc) is 3.42. The van der Waals surface area contributed by atoms with E-state index in [4.69, 9.17) is 30.5 Å². The molecule has 0 radical (unpaired) electrons. The van der Waals surface area contributed by atoms with Gasteiger partial charge in [-0.1, -0.05) is 48.0 Å². The van der Waals surface area contributed by atoms with Crippen molar-refractivity contribution < 1.29 is 28.5 Å². The number of imide groups is 1. The van der Waals surface area contributed by atoms with Crippen LogP contribution >= 0.6 is 23.4 Å². The molecule has 0 bridgehead atoms. The smallest absolute Gasteiger partial charge is 0.293 e. The van der Waals surface area contributed by atoms with E-state index < -0.39 is 5.91 Å². The molecule has 2 heterocycles. The van der Waals surface area contributed by atoms with Gasteiger partial charge in [-0.15, -0.1) is 0 Å². The molecular formula is C26H20ClNO6S. The predicted octanol–water partition coefficient (Wildman–Crippen LogP) is 5.89. The summed E-state index contributed by atoms with van der Waals surface area (Å²) in [4.78, 5) is 27.1. The summed E-state index contributed by atoms with van der Waals surface area (Å²) in [5.74, 6) is 1.80. The summed E-state index contributed by atoms with van der Waals surface area (Å²) >= 11 is 7.21. The molecule has 0 saturated carbocycles. The second kappa shape index (κ2) is 9.93. The van der Waals surface area contributed by atoms with Gasteiger partial charge in [0.2, 0.25) is 6.79 Å². The third kappa shape index (κ3) is 4.94. The number of rotatable bonds is 7. The lowest BCUT2D eigenvalue weighted by atomic mass is 10.1. The van der Waals surface area contributed by atoms with Crippen molar-refractivity contribution in [2.75, 3.05) is 13.9 Å². The lowest BCUT2D eigenvalue weighted by molar-refractivity contribution is -0.123. The van der Waals surface area contributed by atoms with Crippen LogP contribution in [0.4, 0.5) is 4.79 Å². The molecule has 2 aliphatic rings. The van der Waals surface area contributed by atoms with Crippen LogP contribution in [-0.2, 0) is 17.9 Å². The molecule has 0 aliphatic carbocycles. The number of hydrogen-bond donors (Lipinski definition) is 0. The number of fused-ring (bicyclic) bond motifs is 1. The number of amides is 2. The molecule has 3 aromatic rings. The molecule has 7 nitrogen and oxygen atoms in total. The van der Waals surface area contributed by atoms with E-state index in [-0.39, 0.29) is 18.6 Å². The molecular weight excluding hydrogens is 490 g/mol. The van der Waals surface area contributed by atoms with Crippen molar-refractivity contribution in [2.45, 2.75) is 13.2 Å². The molecule has 5 rings (SSSR count). The first kappa shape index (κ1) is 23.1. The summed E-state index contributed by atoms with van der Waals surface area (Å²) in [7, 11) is 1.55. The fourth-order valence-corrected chi connectivity index (χ4v) is 4.72. The van der Waals surface area contributed by atoms with E-state index in [9.17, 15) is 9.59 Å². The average molecular weight is 510 g/mol. The number of benzene rings is 3. The number of hydrogen-bond acceptors (Lipinski definition) is 7. The van der Waals surface area contributed by atoms with Gasteiger partial charge in [0.15, 0.2) is 23.0 Å². The molecule has 1 saturated heterocycles. The highest BCUT2D eigenvalue weighted by Crippen LogP contribution is 2.40. The van der Waals surface area contributed by atoms with Gasteiger partial charge in [-0.25, -0.2) is 0 Å². The Morgan fingerprint density at radius 3 is 2.57 bits per heavy atom. The van der Waals surface area contributed by atoms with Crippen molar-refractivity contribution in [1.82, 2.24) is 4.90 Å². The van der Waals surface area contributed by atoms with E-state index >= 15 is 0 Å². The van der Waals surface area contributed by atoms with E-state index in [0.717, 1.165) is 22.2 Å². The zero-order valence-corrected chi connectivity index (χ0v) is 20.2. The minimum absolute atomic E-state index is 0.0348. The lowest BCUT2D eigenvalue weighted by Crippen LogP contribution is -2.27. The fourth-order valence-electron chi connectivity index (χ4n) is 3.67. The molecule has 0 N–H and O–H groups in total. The molecule has 1 fully saturated rings. The van der Waals surface area contributed by atoms with Crippen molar-refractivity contribution in [3.8, 4) is 23.0 Å². The van der Waals surface area contributed by atoms with Crippen LogP contribution in [0.5, 0.6) is 23.0 Å². The highest BCUT2D eigenvalue weighted by Gasteiger charge is 2.35. The second-order valence-corrected chi connectivity index (χ2v) is 9.15. The molecule has 178 valence electrons. The topological polar surface area (TPSA) is 74.3 Å². The standard InChI is InChI=1S/C26H20ClNO6S/c1-31-21-9-17(7-8-20(21)32-14-16-5-3-2-4-6-16)10-24-25(29)28(26(30)35-24)13-18-11-22-23(12-19(18)27)34-15-33-22/h2-12H,13-15H2,1H3/b24-10-. The Morgan fingerprint density at radius 1 is 1.03 bits per heavy atom. The van der Waals surface area contributed by atoms with Gasteiger partial charge in [0, 0.05) is 11.1 Å². The fraction of sp³-hybridized carbons (Fsp3) is 0.154. The van der Waals surface area contributed by atoms with Gasteiger partial charge in [-0.05, 0) is 52.7 Å². The summed E-state index contributed by atoms with van der Waals surface area (Å²) in [6, 6.07) is 18.5. The van der Waals surface area contributed by atoms with Gasteiger partial charge >= 0.3 is 0 Å². The summed E-state index contributed by atoms with van der Waals surface area (Å²) in [5, 5.41) is 0.0258. The molecule has 35 heavy (non-hydrogen) atoms. The van der Waals surface area contributed by atoms with Crippen molar-refractivity contribution in [3.63, 3.8) is 0 Å². The molecule has 2 aliphatic heterocycles. The van der Waals surface area contributed by atoms with Crippen LogP contribution in [0.2, 0.25) is 5.02 Å². The molecule has 2 amide bonds. The van der Waals surface area contributed by atoms with Crippen LogP contribution in [0.3, 0.4) is 0 Å². The summed E-state index contributed by atoms with van der Waals surface area (Å²) in [6.45, 7) is 0.546. The lowest BCUT2D eigenvalue weighted by Gasteiger charge is -2.14. The molecule has 3 aromatic carbocycles. The minimum atomic E-state index is -0.392. The molecule has 9 heteroatoms. The van der Waals surface area contributed by atoms with Gasteiger partial charge in [0.05, 0.1) is 18.6 Å². The first-order valence-corrected chi connectivity index (χ1v) is 11.9. The van der Waals surface area contributed by atoms with Gasteiger partial charge in [0.25, 0.3) is 11.1 Å². The number of thioether (sulfide) groups is 1. The SMILES string of the molecule is COc1cc(/C=C2\SC(=O)N(Cc3cc4c(cc3Cl)OCO4)C2=O)ccc1OCc1ccccc1. The Hall–Kier alpha value is -3.62. The highest BCUT2D eigenvalue weighted by molar-refractivity contribution is 8.18. The third-order valence-electron chi connectivity index (χ3n) is 5.47. The van der Waals surface area contributed by atoms with E-state index in [1.54, 1.807) is 37.5 Å². The van der Waals surface area contributed by atoms with Gasteiger partial charge in [0.1, 0.15) is 6.61 Å². The number of methoxy groups -OCH3 is 1. The Bertz CT molecular complexity index is 1330. The first-order chi connectivity index (χ1) is 17.0. The van der Waals surface area contributed by atoms with Crippen LogP contribution in [0.15, 0.2) is 65.6 Å². The Labute approximate surface area is 211 Å². The van der Waals surface area contributed by atoms with Crippen LogP contribution in [0.25, 0.3) is 6.08 Å². The van der Waals surface area contributed by atoms with E-state index in [1.165, 1.54) is 0 Å². The van der Waals surface area contributed by atoms with Gasteiger partial charge in [-0.3, -0.25) is 14.5 Å². The largest absolute Gasteiger partial charge is 0.493 e. The van der Waals surface area contributed by atoms with E-state index in [0.29, 0.717) is 50.7 Å². The summed E-state index contributed by atoms with van der Waals surface area (Å²) < 4.78 is 22.1. The van der Waals surface area contributed by atoms with Crippen molar-refractivity contribution in [2.24, 2.45) is 0 Å². The quantitative estimate of drug-likeness (QED) is 0.367. The van der Waals surface area contributed by atoms with Crippen LogP contribution in [-0.4, -0.2) is 29.9 Å². The minimum Gasteiger partial charge on any atom is -0.493 e. The first-order valence-electron chi connectivity index (χ1n) is 10.7. The molecule has 0 unspecified atom stereocenters. The van der Waals surface area contributed by atoms with Crippen LogP contribution in [0, 0.1) is 0 Å². The summed E-state index contributed by atoms with van der Waals surface area (Å²) in [5.41, 5.74) is 2.34. The van der Waals surface area contributed by atoms with Crippen molar-refractivity contribution in [1.29, 1.82) is 0 Å². The van der Waals surface area contributed by atoms with Gasteiger partial charge in [-0.2, -0.15) is 0 Å². The van der Waals surface area contributed by atoms with Crippen molar-refractivity contribution >= 4 is 40.6 Å². The Balaban J connectivity index is 1.31. The van der Waals surface area contributed by atoms with E-state index in [2.05, 4.69) is 0 Å². The number of carbonyl (C=O) groups excluding carboxylic acids is 2. The van der Waals surface area contributed by atoms with E-state index in [1.807, 2.05) is 36.4 Å². The van der Waals surface area contributed by atoms with Crippen LogP contribution in [0.1, 0.15) is 16.7 Å². The summed E-state index contributed by atoms with van der Waals surface area (Å²) in [6.07, 6.45) is 1.66. The predicted molar refractivity (Wildman–Crippen MR) is 133 cm³/mol. The number of halogens is 1. The molecule has 0 atom stereocenters. The highest BCUT2D eigenvalue weighted by atomic mass is 35.5. The third-order valence-corrected chi connectivity index (χ3v) is 6.73. The Kier molecular flexibility index (Phi) is 6.57. The van der Waals surface area contributed by atoms with Gasteiger partial charge < -0.3 is 18.9 Å². The normalized spacial score (nSPS) is 15.7. The monoisotopic (exact) mass is 509 g/mol. The number of carbonyl (C=O) groups is 2.